The molecule has 1 aromatic heterocycles. The highest BCUT2D eigenvalue weighted by Crippen LogP contribution is 2.38. The van der Waals surface area contributed by atoms with E-state index in [9.17, 15) is 4.79 Å². The largest absolute Gasteiger partial charge is 0.303 e. The first kappa shape index (κ1) is 8.15. The van der Waals surface area contributed by atoms with Crippen LogP contribution in [0.4, 0.5) is 0 Å². The van der Waals surface area contributed by atoms with Crippen molar-refractivity contribution in [1.29, 1.82) is 0 Å². The summed E-state index contributed by atoms with van der Waals surface area (Å²) in [4.78, 5) is 15.2. The van der Waals surface area contributed by atoms with Crippen molar-refractivity contribution in [3.05, 3.63) is 11.6 Å². The molecule has 1 fully saturated rings. The van der Waals surface area contributed by atoms with E-state index in [0.29, 0.717) is 5.92 Å². The second-order valence-electron chi connectivity index (χ2n) is 4.28. The van der Waals surface area contributed by atoms with E-state index in [1.54, 1.807) is 0 Å². The van der Waals surface area contributed by atoms with Gasteiger partial charge in [-0.2, -0.15) is 5.10 Å². The molecule has 1 aromatic rings. The molecule has 1 aliphatic carbocycles. The van der Waals surface area contributed by atoms with Crippen LogP contribution in [-0.2, 0) is 17.8 Å². The van der Waals surface area contributed by atoms with Crippen LogP contribution >= 0.6 is 0 Å². The monoisotopic (exact) mass is 191 g/mol. The molecule has 74 valence electrons. The Bertz CT molecular complexity index is 367. The van der Waals surface area contributed by atoms with Gasteiger partial charge in [-0.25, -0.2) is 9.67 Å². The molecule has 1 saturated carbocycles. The lowest BCUT2D eigenvalue weighted by Gasteiger charge is -2.16. The summed E-state index contributed by atoms with van der Waals surface area (Å²) < 4.78 is 1.93. The van der Waals surface area contributed by atoms with Crippen LogP contribution in [0.3, 0.4) is 0 Å². The molecule has 2 heterocycles. The predicted octanol–water partition coefficient (Wildman–Crippen LogP) is 0.917. The maximum atomic E-state index is 10.7. The third kappa shape index (κ3) is 1.25. The van der Waals surface area contributed by atoms with Crippen LogP contribution in [0.1, 0.15) is 36.8 Å². The molecular formula is C10H13N3O. The summed E-state index contributed by atoms with van der Waals surface area (Å²) in [6.07, 6.45) is 5.36. The SMILES string of the molecule is O=CC1CCc2nc(C3CC3)nn2C1. The van der Waals surface area contributed by atoms with E-state index in [2.05, 4.69) is 10.1 Å². The van der Waals surface area contributed by atoms with Gasteiger partial charge in [-0.1, -0.05) is 0 Å². The van der Waals surface area contributed by atoms with Crippen molar-refractivity contribution in [1.82, 2.24) is 14.8 Å². The van der Waals surface area contributed by atoms with Crippen molar-refractivity contribution < 1.29 is 4.79 Å². The molecule has 4 nitrogen and oxygen atoms in total. The summed E-state index contributed by atoms with van der Waals surface area (Å²) in [7, 11) is 0. The van der Waals surface area contributed by atoms with E-state index in [1.165, 1.54) is 12.8 Å². The number of fused-ring (bicyclic) bond motifs is 1. The van der Waals surface area contributed by atoms with E-state index < -0.39 is 0 Å². The number of aldehydes is 1. The third-order valence-corrected chi connectivity index (χ3v) is 3.05. The Morgan fingerprint density at radius 2 is 2.21 bits per heavy atom. The molecule has 0 bridgehead atoms. The highest BCUT2D eigenvalue weighted by molar-refractivity contribution is 5.53. The molecule has 0 N–H and O–H groups in total. The fourth-order valence-electron chi connectivity index (χ4n) is 1.98. The Balaban J connectivity index is 1.88. The quantitative estimate of drug-likeness (QED) is 0.653. The van der Waals surface area contributed by atoms with Crippen LogP contribution in [0.25, 0.3) is 0 Å². The number of carbonyl (C=O) groups is 1. The van der Waals surface area contributed by atoms with E-state index in [0.717, 1.165) is 37.3 Å². The highest BCUT2D eigenvalue weighted by Gasteiger charge is 2.30. The minimum Gasteiger partial charge on any atom is -0.303 e. The summed E-state index contributed by atoms with van der Waals surface area (Å²) in [6, 6.07) is 0. The number of rotatable bonds is 2. The number of nitrogens with zero attached hydrogens (tertiary/aromatic N) is 3. The summed E-state index contributed by atoms with van der Waals surface area (Å²) in [5.74, 6) is 2.84. The Morgan fingerprint density at radius 1 is 1.36 bits per heavy atom. The third-order valence-electron chi connectivity index (χ3n) is 3.05. The number of carbonyl (C=O) groups excluding carboxylic acids is 1. The summed E-state index contributed by atoms with van der Waals surface area (Å²) >= 11 is 0. The molecule has 1 aliphatic heterocycles. The van der Waals surface area contributed by atoms with Crippen molar-refractivity contribution in [3.63, 3.8) is 0 Å². The second kappa shape index (κ2) is 2.90. The zero-order valence-electron chi connectivity index (χ0n) is 8.02. The van der Waals surface area contributed by atoms with Gasteiger partial charge in [-0.15, -0.1) is 0 Å². The molecule has 14 heavy (non-hydrogen) atoms. The normalized spacial score (nSPS) is 25.9. The molecule has 0 aromatic carbocycles. The summed E-state index contributed by atoms with van der Waals surface area (Å²) in [5, 5.41) is 4.46. The number of hydrogen-bond donors (Lipinski definition) is 0. The zero-order chi connectivity index (χ0) is 9.54. The van der Waals surface area contributed by atoms with Crippen molar-refractivity contribution >= 4 is 6.29 Å². The van der Waals surface area contributed by atoms with E-state index >= 15 is 0 Å². The van der Waals surface area contributed by atoms with Gasteiger partial charge in [0.05, 0.1) is 6.54 Å². The Hall–Kier alpha value is -1.19. The number of aryl methyl sites for hydroxylation is 1. The Morgan fingerprint density at radius 3 is 2.93 bits per heavy atom. The van der Waals surface area contributed by atoms with Crippen LogP contribution in [0.2, 0.25) is 0 Å². The molecule has 1 atom stereocenters. The fraction of sp³-hybridized carbons (Fsp3) is 0.700. The zero-order valence-corrected chi connectivity index (χ0v) is 8.02. The molecule has 2 aliphatic rings. The van der Waals surface area contributed by atoms with Gasteiger partial charge in [0.2, 0.25) is 0 Å². The first-order valence-corrected chi connectivity index (χ1v) is 5.25. The molecule has 0 radical (unpaired) electrons. The van der Waals surface area contributed by atoms with Crippen molar-refractivity contribution in [2.45, 2.75) is 38.1 Å². The van der Waals surface area contributed by atoms with Gasteiger partial charge in [0.15, 0.2) is 5.82 Å². The maximum Gasteiger partial charge on any atom is 0.154 e. The molecule has 0 spiro atoms. The predicted molar refractivity (Wildman–Crippen MR) is 49.9 cm³/mol. The maximum absolute atomic E-state index is 10.7. The van der Waals surface area contributed by atoms with Gasteiger partial charge in [0.25, 0.3) is 0 Å². The van der Waals surface area contributed by atoms with Crippen LogP contribution < -0.4 is 0 Å². The van der Waals surface area contributed by atoms with Crippen LogP contribution in [0, 0.1) is 5.92 Å². The minimum absolute atomic E-state index is 0.149. The number of hydrogen-bond acceptors (Lipinski definition) is 3. The average Bonchev–Trinajstić information content (AvgIpc) is 2.97. The van der Waals surface area contributed by atoms with E-state index in [1.807, 2.05) is 4.68 Å². The average molecular weight is 191 g/mol. The van der Waals surface area contributed by atoms with Crippen molar-refractivity contribution in [3.8, 4) is 0 Å². The van der Waals surface area contributed by atoms with Crippen LogP contribution in [0.5, 0.6) is 0 Å². The van der Waals surface area contributed by atoms with Gasteiger partial charge < -0.3 is 4.79 Å². The lowest BCUT2D eigenvalue weighted by Crippen LogP contribution is -2.22. The number of aromatic nitrogens is 3. The van der Waals surface area contributed by atoms with Crippen LogP contribution in [-0.4, -0.2) is 21.1 Å². The van der Waals surface area contributed by atoms with Crippen molar-refractivity contribution in [2.75, 3.05) is 0 Å². The first-order chi connectivity index (χ1) is 6.86. The lowest BCUT2D eigenvalue weighted by molar-refractivity contribution is -0.111. The van der Waals surface area contributed by atoms with Crippen molar-refractivity contribution in [2.24, 2.45) is 5.92 Å². The second-order valence-corrected chi connectivity index (χ2v) is 4.28. The van der Waals surface area contributed by atoms with Gasteiger partial charge in [-0.05, 0) is 19.3 Å². The molecular weight excluding hydrogens is 178 g/mol. The van der Waals surface area contributed by atoms with E-state index in [4.69, 9.17) is 0 Å². The summed E-state index contributed by atoms with van der Waals surface area (Å²) in [6.45, 7) is 0.735. The molecule has 3 rings (SSSR count). The van der Waals surface area contributed by atoms with Gasteiger partial charge >= 0.3 is 0 Å². The molecule has 4 heteroatoms. The Labute approximate surface area is 82.3 Å². The van der Waals surface area contributed by atoms with Gasteiger partial charge in [0, 0.05) is 18.3 Å². The minimum atomic E-state index is 0.149. The lowest BCUT2D eigenvalue weighted by atomic mass is 10.0. The topological polar surface area (TPSA) is 47.8 Å². The molecule has 0 saturated heterocycles. The van der Waals surface area contributed by atoms with Gasteiger partial charge in [0.1, 0.15) is 12.1 Å². The standard InChI is InChI=1S/C10H13N3O/c14-6-7-1-4-9-11-10(8-2-3-8)12-13(9)5-7/h6-8H,1-5H2. The summed E-state index contributed by atoms with van der Waals surface area (Å²) in [5.41, 5.74) is 0. The fourth-order valence-corrected chi connectivity index (χ4v) is 1.98. The van der Waals surface area contributed by atoms with Crippen LogP contribution in [0.15, 0.2) is 0 Å². The molecule has 0 amide bonds. The molecule has 1 unspecified atom stereocenters. The highest BCUT2D eigenvalue weighted by atomic mass is 16.1. The smallest absolute Gasteiger partial charge is 0.154 e. The first-order valence-electron chi connectivity index (χ1n) is 5.25. The van der Waals surface area contributed by atoms with Gasteiger partial charge in [-0.3, -0.25) is 0 Å². The Kier molecular flexibility index (Phi) is 1.69. The van der Waals surface area contributed by atoms with E-state index in [-0.39, 0.29) is 5.92 Å².